The van der Waals surface area contributed by atoms with Crippen LogP contribution >= 0.6 is 0 Å². The Morgan fingerprint density at radius 1 is 0.389 bits per heavy atom. The van der Waals surface area contributed by atoms with Crippen molar-refractivity contribution < 1.29 is 25.3 Å². The van der Waals surface area contributed by atoms with Gasteiger partial charge in [0.1, 0.15) is 0 Å². The number of rotatable bonds is 21. The molecule has 12 rings (SSSR count). The maximum absolute atomic E-state index is 12.7. The number of hydrogen-bond donors (Lipinski definition) is 3. The fraction of sp³-hybridized carbons (Fsp3) is 0.375. The molecule has 90 heavy (non-hydrogen) atoms. The van der Waals surface area contributed by atoms with Crippen molar-refractivity contribution in [3.05, 3.63) is 247 Å². The van der Waals surface area contributed by atoms with Crippen LogP contribution in [0, 0.1) is 5.92 Å². The molecule has 8 aromatic rings. The van der Waals surface area contributed by atoms with E-state index in [2.05, 4.69) is 55.2 Å². The van der Waals surface area contributed by atoms with Gasteiger partial charge in [-0.05, 0) is 163 Å². The van der Waals surface area contributed by atoms with Gasteiger partial charge < -0.3 is 0 Å². The largest absolute Gasteiger partial charge is 0.264 e. The van der Waals surface area contributed by atoms with Crippen LogP contribution in [0.15, 0.2) is 168 Å². The first-order valence-corrected chi connectivity index (χ1v) is 36.8. The van der Waals surface area contributed by atoms with Crippen LogP contribution in [0.5, 0.6) is 0 Å². The molecular formula is C72H87N9O6S3. The molecule has 5 aromatic carbocycles. The van der Waals surface area contributed by atoms with Crippen molar-refractivity contribution in [2.24, 2.45) is 5.92 Å². The van der Waals surface area contributed by atoms with Gasteiger partial charge in [0.2, 0.25) is 30.1 Å². The summed E-state index contributed by atoms with van der Waals surface area (Å²) in [6.45, 7) is 7.81. The molecule has 4 aliphatic rings. The van der Waals surface area contributed by atoms with Crippen LogP contribution < -0.4 is 14.2 Å². The van der Waals surface area contributed by atoms with Crippen LogP contribution in [-0.4, -0.2) is 60.6 Å². The molecule has 0 bridgehead atoms. The lowest BCUT2D eigenvalue weighted by Gasteiger charge is -2.27. The lowest BCUT2D eigenvalue weighted by molar-refractivity contribution is 0.303. The molecule has 3 N–H and O–H groups in total. The summed E-state index contributed by atoms with van der Waals surface area (Å²) in [7, 11) is -10.7. The standard InChI is InChI=1S/C24H33N3O2S.2C24H27N3O2S/c3*1-19(21-12-6-3-7-13-21)26-30(28,29)17-16-23-22-14-8-9-15-24(22)27(25-23)18-20-10-4-2-5-11-20/h2,4-5,10-11,16-17,19,21,26H,3,6-9,12-15,18H2,1H3;2*2-7,10-13,16-17,19,26H,8-9,14-15,18H2,1H3/b3*17-16+/t3*19-/m110/s1. The van der Waals surface area contributed by atoms with E-state index in [9.17, 15) is 25.3 Å². The third-order valence-electron chi connectivity index (χ3n) is 17.6. The van der Waals surface area contributed by atoms with Gasteiger partial charge in [-0.15, -0.1) is 0 Å². The summed E-state index contributed by atoms with van der Waals surface area (Å²) in [5, 5.41) is 18.1. The van der Waals surface area contributed by atoms with Crippen molar-refractivity contribution in [2.45, 2.75) is 168 Å². The Hall–Kier alpha value is -7.32. The molecule has 474 valence electrons. The van der Waals surface area contributed by atoms with E-state index in [1.807, 2.05) is 145 Å². The molecule has 18 heteroatoms. The van der Waals surface area contributed by atoms with Gasteiger partial charge in [0, 0.05) is 68.1 Å². The SMILES string of the molecule is C[C@@H](NS(=O)(=O)/C=C/c1nn(Cc2ccccc2)c2c1CCCC2)C1CCCCC1.C[C@@H](NS(=O)(=O)/C=C/c1nn(Cc2ccccc2)c2c1CCCC2)c1ccccc1.C[C@H](NS(=O)(=O)/C=C/c1nn(Cc2ccccc2)c2c1CCCC2)c1ccccc1. The highest BCUT2D eigenvalue weighted by Gasteiger charge is 2.26. The highest BCUT2D eigenvalue weighted by atomic mass is 32.2. The lowest BCUT2D eigenvalue weighted by atomic mass is 9.85. The molecule has 3 atom stereocenters. The van der Waals surface area contributed by atoms with Crippen LogP contribution in [-0.2, 0) is 88.2 Å². The zero-order chi connectivity index (χ0) is 62.9. The van der Waals surface area contributed by atoms with Crippen molar-refractivity contribution in [2.75, 3.05) is 0 Å². The highest BCUT2D eigenvalue weighted by Crippen LogP contribution is 2.31. The van der Waals surface area contributed by atoms with Crippen LogP contribution in [0.25, 0.3) is 18.2 Å². The molecule has 1 fully saturated rings. The first-order chi connectivity index (χ1) is 43.6. The topological polar surface area (TPSA) is 192 Å². The minimum atomic E-state index is -3.58. The van der Waals surface area contributed by atoms with Gasteiger partial charge in [0.05, 0.1) is 36.7 Å². The zero-order valence-electron chi connectivity index (χ0n) is 52.2. The van der Waals surface area contributed by atoms with Gasteiger partial charge in [0.25, 0.3) is 0 Å². The predicted molar refractivity (Wildman–Crippen MR) is 362 cm³/mol. The fourth-order valence-electron chi connectivity index (χ4n) is 12.8. The van der Waals surface area contributed by atoms with E-state index in [1.165, 1.54) is 85.9 Å². The number of fused-ring (bicyclic) bond motifs is 3. The van der Waals surface area contributed by atoms with Crippen LogP contribution in [0.2, 0.25) is 0 Å². The molecule has 0 radical (unpaired) electrons. The average Bonchev–Trinajstić information content (AvgIpc) is 1.72. The van der Waals surface area contributed by atoms with Crippen molar-refractivity contribution in [1.82, 2.24) is 43.5 Å². The van der Waals surface area contributed by atoms with Gasteiger partial charge in [-0.1, -0.05) is 171 Å². The summed E-state index contributed by atoms with van der Waals surface area (Å²) < 4.78 is 90.3. The second-order valence-corrected chi connectivity index (χ2v) is 29.1. The van der Waals surface area contributed by atoms with E-state index in [0.717, 1.165) is 125 Å². The number of benzene rings is 5. The summed E-state index contributed by atoms with van der Waals surface area (Å²) in [6.07, 6.45) is 23.5. The Kier molecular flexibility index (Phi) is 22.7. The maximum atomic E-state index is 12.7. The molecule has 0 unspecified atom stereocenters. The van der Waals surface area contributed by atoms with E-state index < -0.39 is 30.1 Å². The van der Waals surface area contributed by atoms with E-state index in [0.29, 0.717) is 19.0 Å². The molecule has 3 aromatic heterocycles. The maximum Gasteiger partial charge on any atom is 0.234 e. The minimum absolute atomic E-state index is 0.0236. The fourth-order valence-corrected chi connectivity index (χ4v) is 16.0. The molecule has 0 spiro atoms. The second-order valence-electron chi connectivity index (χ2n) is 24.3. The molecule has 1 saturated carbocycles. The van der Waals surface area contributed by atoms with Crippen molar-refractivity contribution >= 4 is 48.3 Å². The van der Waals surface area contributed by atoms with Crippen LogP contribution in [0.4, 0.5) is 0 Å². The van der Waals surface area contributed by atoms with Crippen molar-refractivity contribution in [3.63, 3.8) is 0 Å². The summed E-state index contributed by atoms with van der Waals surface area (Å²) >= 11 is 0. The summed E-state index contributed by atoms with van der Waals surface area (Å²) in [4.78, 5) is 0. The third kappa shape index (κ3) is 18.4. The first kappa shape index (κ1) is 65.6. The molecule has 3 heterocycles. The van der Waals surface area contributed by atoms with Gasteiger partial charge >= 0.3 is 0 Å². The zero-order valence-corrected chi connectivity index (χ0v) is 54.7. The summed E-state index contributed by atoms with van der Waals surface area (Å²) in [6, 6.07) is 49.3. The molecule has 15 nitrogen and oxygen atoms in total. The molecule has 0 amide bonds. The number of nitrogens with one attached hydrogen (secondary N) is 3. The van der Waals surface area contributed by atoms with Crippen molar-refractivity contribution in [1.29, 1.82) is 0 Å². The summed E-state index contributed by atoms with van der Waals surface area (Å²) in [5.41, 5.74) is 15.1. The monoisotopic (exact) mass is 1270 g/mol. The normalized spacial score (nSPS) is 16.5. The Bertz CT molecular complexity index is 3870. The average molecular weight is 1270 g/mol. The molecule has 0 saturated heterocycles. The van der Waals surface area contributed by atoms with E-state index in [4.69, 9.17) is 15.3 Å². The summed E-state index contributed by atoms with van der Waals surface area (Å²) in [5.74, 6) is 0.444. The van der Waals surface area contributed by atoms with Gasteiger partial charge in [-0.2, -0.15) is 15.3 Å². The Morgan fingerprint density at radius 3 is 1.00 bits per heavy atom. The smallest absolute Gasteiger partial charge is 0.234 e. The number of aromatic nitrogens is 6. The predicted octanol–water partition coefficient (Wildman–Crippen LogP) is 13.6. The van der Waals surface area contributed by atoms with Crippen molar-refractivity contribution in [3.8, 4) is 0 Å². The molecular weight excluding hydrogens is 1180 g/mol. The minimum Gasteiger partial charge on any atom is -0.264 e. The quantitative estimate of drug-likeness (QED) is 0.0628. The Labute approximate surface area is 534 Å². The number of hydrogen-bond acceptors (Lipinski definition) is 9. The molecule has 0 aliphatic heterocycles. The van der Waals surface area contributed by atoms with E-state index in [-0.39, 0.29) is 18.1 Å². The van der Waals surface area contributed by atoms with Gasteiger partial charge in [-0.25, -0.2) is 39.4 Å². The van der Waals surface area contributed by atoms with E-state index >= 15 is 0 Å². The highest BCUT2D eigenvalue weighted by molar-refractivity contribution is 7.93. The Morgan fingerprint density at radius 2 is 0.678 bits per heavy atom. The molecule has 4 aliphatic carbocycles. The number of nitrogens with zero attached hydrogens (tertiary/aromatic N) is 6. The third-order valence-corrected chi connectivity index (χ3v) is 21.1. The van der Waals surface area contributed by atoms with Crippen LogP contribution in [0.3, 0.4) is 0 Å². The van der Waals surface area contributed by atoms with Gasteiger partial charge in [0.15, 0.2) is 0 Å². The number of sulfonamides is 3. The second kappa shape index (κ2) is 31.1. The van der Waals surface area contributed by atoms with Crippen LogP contribution in [0.1, 0.15) is 182 Å². The van der Waals surface area contributed by atoms with Gasteiger partial charge in [-0.3, -0.25) is 14.0 Å². The van der Waals surface area contributed by atoms with E-state index in [1.54, 1.807) is 18.2 Å². The first-order valence-electron chi connectivity index (χ1n) is 32.1. The Balaban J connectivity index is 0.000000148. The lowest BCUT2D eigenvalue weighted by Crippen LogP contribution is -2.37.